The largest absolute Gasteiger partial charge is 0.378 e. The second kappa shape index (κ2) is 6.03. The zero-order valence-electron chi connectivity index (χ0n) is 14.1. The molecule has 0 atom stereocenters. The number of ether oxygens (including phenoxy) is 1. The van der Waals surface area contributed by atoms with E-state index >= 15 is 0 Å². The van der Waals surface area contributed by atoms with Gasteiger partial charge in [0.15, 0.2) is 0 Å². The average molecular weight is 347 g/mol. The van der Waals surface area contributed by atoms with Gasteiger partial charge in [-0.25, -0.2) is 4.98 Å². The van der Waals surface area contributed by atoms with E-state index in [4.69, 9.17) is 4.74 Å². The molecule has 0 radical (unpaired) electrons. The fourth-order valence-electron chi connectivity index (χ4n) is 3.49. The van der Waals surface area contributed by atoms with Crippen LogP contribution in [0.4, 0.5) is 0 Å². The van der Waals surface area contributed by atoms with Gasteiger partial charge in [0, 0.05) is 37.3 Å². The predicted molar refractivity (Wildman–Crippen MR) is 96.4 cm³/mol. The lowest BCUT2D eigenvalue weighted by atomic mass is 10.0. The van der Waals surface area contributed by atoms with E-state index in [2.05, 4.69) is 15.0 Å². The van der Waals surface area contributed by atoms with Crippen LogP contribution in [0.15, 0.2) is 41.8 Å². The first-order chi connectivity index (χ1) is 12.8. The molecule has 5 heterocycles. The molecule has 0 spiro atoms. The number of carbonyl (C=O) groups is 1. The number of morpholine rings is 1. The highest BCUT2D eigenvalue weighted by Crippen LogP contribution is 2.27. The van der Waals surface area contributed by atoms with Crippen LogP contribution >= 0.6 is 0 Å². The molecule has 1 saturated heterocycles. The van der Waals surface area contributed by atoms with E-state index in [-0.39, 0.29) is 5.91 Å². The number of carbonyl (C=O) groups excluding carboxylic acids is 1. The summed E-state index contributed by atoms with van der Waals surface area (Å²) in [6, 6.07) is 5.94. The Morgan fingerprint density at radius 1 is 1.12 bits per heavy atom. The molecule has 2 aliphatic rings. The highest BCUT2D eigenvalue weighted by atomic mass is 16.5. The summed E-state index contributed by atoms with van der Waals surface area (Å²) in [4.78, 5) is 27.8. The molecule has 0 N–H and O–H groups in total. The van der Waals surface area contributed by atoms with Gasteiger partial charge in [-0.3, -0.25) is 19.2 Å². The third kappa shape index (κ3) is 2.40. The van der Waals surface area contributed by atoms with E-state index in [1.54, 1.807) is 12.4 Å². The maximum Gasteiger partial charge on any atom is 0.272 e. The molecule has 2 aliphatic heterocycles. The smallest absolute Gasteiger partial charge is 0.272 e. The van der Waals surface area contributed by atoms with E-state index in [1.165, 1.54) is 0 Å². The summed E-state index contributed by atoms with van der Waals surface area (Å²) in [5.41, 5.74) is 5.44. The van der Waals surface area contributed by atoms with Crippen molar-refractivity contribution >= 4 is 17.8 Å². The van der Waals surface area contributed by atoms with Crippen LogP contribution in [0.5, 0.6) is 0 Å². The van der Waals surface area contributed by atoms with E-state index in [9.17, 15) is 4.79 Å². The molecule has 1 fully saturated rings. The number of hydrogen-bond donors (Lipinski definition) is 0. The number of imidazole rings is 1. The van der Waals surface area contributed by atoms with Crippen LogP contribution < -0.4 is 0 Å². The topological polar surface area (TPSA) is 72.1 Å². The molecule has 3 aromatic rings. The highest BCUT2D eigenvalue weighted by Gasteiger charge is 2.22. The van der Waals surface area contributed by atoms with E-state index in [0.29, 0.717) is 38.5 Å². The van der Waals surface area contributed by atoms with Crippen LogP contribution in [-0.2, 0) is 11.3 Å². The minimum absolute atomic E-state index is 0.0144. The summed E-state index contributed by atoms with van der Waals surface area (Å²) in [6.07, 6.45) is 7.30. The summed E-state index contributed by atoms with van der Waals surface area (Å²) < 4.78 is 7.21. The van der Waals surface area contributed by atoms with Gasteiger partial charge in [-0.05, 0) is 29.3 Å². The highest BCUT2D eigenvalue weighted by molar-refractivity contribution is 5.95. The molecule has 26 heavy (non-hydrogen) atoms. The Balaban J connectivity index is 1.59. The van der Waals surface area contributed by atoms with Crippen molar-refractivity contribution in [2.45, 2.75) is 6.54 Å². The lowest BCUT2D eigenvalue weighted by Crippen LogP contribution is -2.41. The number of fused-ring (bicyclic) bond motifs is 2. The normalized spacial score (nSPS) is 16.2. The molecular weight excluding hydrogens is 330 g/mol. The Bertz CT molecular complexity index is 1030. The molecule has 5 rings (SSSR count). The van der Waals surface area contributed by atoms with Crippen molar-refractivity contribution in [1.29, 1.82) is 0 Å². The van der Waals surface area contributed by atoms with Gasteiger partial charge in [-0.15, -0.1) is 0 Å². The first-order valence-corrected chi connectivity index (χ1v) is 8.63. The summed E-state index contributed by atoms with van der Waals surface area (Å²) in [5, 5.41) is 0. The molecule has 1 amide bonds. The van der Waals surface area contributed by atoms with Gasteiger partial charge >= 0.3 is 0 Å². The summed E-state index contributed by atoms with van der Waals surface area (Å²) >= 11 is 0. The van der Waals surface area contributed by atoms with Crippen molar-refractivity contribution in [3.8, 4) is 11.1 Å². The molecule has 7 heteroatoms. The van der Waals surface area contributed by atoms with Crippen LogP contribution in [0.2, 0.25) is 0 Å². The number of pyridine rings is 2. The van der Waals surface area contributed by atoms with E-state index in [0.717, 1.165) is 28.0 Å². The van der Waals surface area contributed by atoms with Crippen molar-refractivity contribution in [3.05, 3.63) is 53.7 Å². The van der Waals surface area contributed by atoms with Crippen LogP contribution in [-0.4, -0.2) is 57.7 Å². The van der Waals surface area contributed by atoms with Crippen molar-refractivity contribution in [1.82, 2.24) is 19.3 Å². The number of aliphatic imine (C=N–C) groups is 1. The molecule has 7 nitrogen and oxygen atoms in total. The fourth-order valence-corrected chi connectivity index (χ4v) is 3.49. The Labute approximate surface area is 150 Å². The summed E-state index contributed by atoms with van der Waals surface area (Å²) in [7, 11) is 0. The minimum atomic E-state index is -0.0144. The first kappa shape index (κ1) is 15.2. The SMILES string of the molecule is O=C(c1cnc2ccc(-c3ccnc4c3C=NC4)cn12)N1CCOCC1. The number of rotatable bonds is 2. The average Bonchev–Trinajstić information content (AvgIpc) is 3.34. The second-order valence-corrected chi connectivity index (χ2v) is 6.38. The maximum atomic E-state index is 12.9. The van der Waals surface area contributed by atoms with Crippen LogP contribution in [0.1, 0.15) is 21.7 Å². The summed E-state index contributed by atoms with van der Waals surface area (Å²) in [6.45, 7) is 3.00. The molecule has 0 aromatic carbocycles. The van der Waals surface area contributed by atoms with Gasteiger partial charge < -0.3 is 9.64 Å². The van der Waals surface area contributed by atoms with Crippen molar-refractivity contribution < 1.29 is 9.53 Å². The van der Waals surface area contributed by atoms with Crippen molar-refractivity contribution in [2.75, 3.05) is 26.3 Å². The second-order valence-electron chi connectivity index (χ2n) is 6.38. The molecule has 3 aromatic heterocycles. The Morgan fingerprint density at radius 3 is 2.88 bits per heavy atom. The Morgan fingerprint density at radius 2 is 2.00 bits per heavy atom. The standard InChI is InChI=1S/C19H17N5O2/c25-19(23-5-7-26-8-6-23)17-11-22-18-2-1-13(12-24(17)18)14-3-4-21-16-10-20-9-15(14)16/h1-4,9,11-12H,5-8,10H2. The number of nitrogens with zero attached hydrogens (tertiary/aromatic N) is 5. The molecule has 0 saturated carbocycles. The van der Waals surface area contributed by atoms with Crippen molar-refractivity contribution in [2.24, 2.45) is 4.99 Å². The Kier molecular flexibility index (Phi) is 3.53. The number of aromatic nitrogens is 3. The van der Waals surface area contributed by atoms with Crippen molar-refractivity contribution in [3.63, 3.8) is 0 Å². The molecule has 0 unspecified atom stereocenters. The fraction of sp³-hybridized carbons (Fsp3) is 0.263. The zero-order chi connectivity index (χ0) is 17.5. The zero-order valence-corrected chi connectivity index (χ0v) is 14.1. The van der Waals surface area contributed by atoms with Gasteiger partial charge in [0.2, 0.25) is 0 Å². The van der Waals surface area contributed by atoms with Gasteiger partial charge in [0.25, 0.3) is 5.91 Å². The van der Waals surface area contributed by atoms with Crippen LogP contribution in [0.25, 0.3) is 16.8 Å². The quantitative estimate of drug-likeness (QED) is 0.709. The minimum Gasteiger partial charge on any atom is -0.378 e. The van der Waals surface area contributed by atoms with Crippen LogP contribution in [0.3, 0.4) is 0 Å². The molecular formula is C19H17N5O2. The van der Waals surface area contributed by atoms with Gasteiger partial charge in [-0.2, -0.15) is 0 Å². The van der Waals surface area contributed by atoms with E-state index < -0.39 is 0 Å². The maximum absolute atomic E-state index is 12.9. The molecule has 0 bridgehead atoms. The first-order valence-electron chi connectivity index (χ1n) is 8.63. The number of amides is 1. The third-order valence-electron chi connectivity index (χ3n) is 4.87. The summed E-state index contributed by atoms with van der Waals surface area (Å²) in [5.74, 6) is -0.0144. The molecule has 0 aliphatic carbocycles. The van der Waals surface area contributed by atoms with Gasteiger partial charge in [0.05, 0.1) is 31.6 Å². The number of hydrogen-bond acceptors (Lipinski definition) is 5. The molecule has 130 valence electrons. The van der Waals surface area contributed by atoms with Gasteiger partial charge in [0.1, 0.15) is 11.3 Å². The lowest BCUT2D eigenvalue weighted by molar-refractivity contribution is 0.0298. The van der Waals surface area contributed by atoms with E-state index in [1.807, 2.05) is 39.9 Å². The lowest BCUT2D eigenvalue weighted by Gasteiger charge is -2.26. The predicted octanol–water partition coefficient (Wildman–Crippen LogP) is 1.80. The monoisotopic (exact) mass is 347 g/mol. The van der Waals surface area contributed by atoms with Crippen LogP contribution in [0, 0.1) is 0 Å². The Hall–Kier alpha value is -3.06. The van der Waals surface area contributed by atoms with Gasteiger partial charge in [-0.1, -0.05) is 0 Å². The third-order valence-corrected chi connectivity index (χ3v) is 4.87.